The molecule has 0 saturated heterocycles. The number of hydrogen-bond donors (Lipinski definition) is 1. The van der Waals surface area contributed by atoms with E-state index >= 15 is 0 Å². The minimum Gasteiger partial charge on any atom is -0.445 e. The van der Waals surface area contributed by atoms with Crippen LogP contribution in [0.5, 0.6) is 0 Å². The van der Waals surface area contributed by atoms with Crippen molar-refractivity contribution in [3.63, 3.8) is 0 Å². The molecule has 0 spiro atoms. The zero-order valence-electron chi connectivity index (χ0n) is 10.7. The molecule has 1 heterocycles. The highest BCUT2D eigenvalue weighted by Gasteiger charge is 2.11. The Bertz CT molecular complexity index is 496. The van der Waals surface area contributed by atoms with Gasteiger partial charge in [0.15, 0.2) is 0 Å². The van der Waals surface area contributed by atoms with Crippen molar-refractivity contribution in [2.24, 2.45) is 5.73 Å². The number of nitrogens with zero attached hydrogens (tertiary/aromatic N) is 3. The number of hydrogen-bond acceptors (Lipinski definition) is 4. The molecule has 0 saturated carbocycles. The van der Waals surface area contributed by atoms with Gasteiger partial charge in [-0.3, -0.25) is 9.48 Å². The Morgan fingerprint density at radius 1 is 1.58 bits per heavy atom. The zero-order chi connectivity index (χ0) is 14.4. The molecular formula is C11H15FN4O3. The molecule has 7 nitrogen and oxygen atoms in total. The number of rotatable bonds is 5. The summed E-state index contributed by atoms with van der Waals surface area (Å²) in [6.07, 6.45) is 2.20. The second-order valence-corrected chi connectivity index (χ2v) is 4.00. The summed E-state index contributed by atoms with van der Waals surface area (Å²) in [6, 6.07) is 0. The standard InChI is InChI=1S/C11H15FN4O3/c1-15(2)10(17)9-4-14-16(6-9)5-8(3-12)7-19-11(13)18/h3-4,6H,5,7H2,1-2H3,(H2,13,18). The Labute approximate surface area is 109 Å². The molecule has 8 heteroatoms. The maximum atomic E-state index is 12.6. The predicted molar refractivity (Wildman–Crippen MR) is 65.0 cm³/mol. The van der Waals surface area contributed by atoms with E-state index in [0.29, 0.717) is 11.9 Å². The van der Waals surface area contributed by atoms with E-state index in [4.69, 9.17) is 5.73 Å². The molecule has 1 aromatic rings. The van der Waals surface area contributed by atoms with E-state index in [0.717, 1.165) is 0 Å². The van der Waals surface area contributed by atoms with Crippen molar-refractivity contribution >= 4 is 12.0 Å². The Morgan fingerprint density at radius 3 is 2.79 bits per heavy atom. The molecule has 2 N–H and O–H groups in total. The average Bonchev–Trinajstić information content (AvgIpc) is 2.81. The maximum Gasteiger partial charge on any atom is 0.404 e. The summed E-state index contributed by atoms with van der Waals surface area (Å²) in [5.74, 6) is -0.203. The molecule has 0 bridgehead atoms. The predicted octanol–water partition coefficient (Wildman–Crippen LogP) is 0.534. The van der Waals surface area contributed by atoms with Crippen molar-refractivity contribution in [2.75, 3.05) is 20.7 Å². The van der Waals surface area contributed by atoms with Crippen molar-refractivity contribution in [3.05, 3.63) is 29.9 Å². The molecular weight excluding hydrogens is 255 g/mol. The lowest BCUT2D eigenvalue weighted by molar-refractivity contribution is 0.0827. The number of primary amides is 1. The zero-order valence-corrected chi connectivity index (χ0v) is 10.7. The fourth-order valence-electron chi connectivity index (χ4n) is 1.30. The summed E-state index contributed by atoms with van der Waals surface area (Å²) in [6.45, 7) is -0.201. The van der Waals surface area contributed by atoms with Gasteiger partial charge in [0.05, 0.1) is 24.6 Å². The number of carbonyl (C=O) groups is 2. The Kier molecular flexibility index (Phi) is 5.04. The Hall–Kier alpha value is -2.38. The summed E-state index contributed by atoms with van der Waals surface area (Å²) in [5.41, 5.74) is 5.34. The van der Waals surface area contributed by atoms with Crippen LogP contribution >= 0.6 is 0 Å². The summed E-state index contributed by atoms with van der Waals surface area (Å²) >= 11 is 0. The number of ether oxygens (including phenoxy) is 1. The lowest BCUT2D eigenvalue weighted by atomic mass is 10.3. The summed E-state index contributed by atoms with van der Waals surface area (Å²) in [7, 11) is 3.24. The van der Waals surface area contributed by atoms with Crippen molar-refractivity contribution in [1.29, 1.82) is 0 Å². The second kappa shape index (κ2) is 6.53. The molecule has 0 aromatic carbocycles. The number of amides is 2. The molecule has 2 amide bonds. The topological polar surface area (TPSA) is 90.4 Å². The van der Waals surface area contributed by atoms with E-state index in [1.807, 2.05) is 0 Å². The Balaban J connectivity index is 2.67. The molecule has 19 heavy (non-hydrogen) atoms. The van der Waals surface area contributed by atoms with Gasteiger partial charge in [0.1, 0.15) is 6.61 Å². The molecule has 0 unspecified atom stereocenters. The summed E-state index contributed by atoms with van der Waals surface area (Å²) in [4.78, 5) is 23.5. The lowest BCUT2D eigenvalue weighted by Gasteiger charge is -2.07. The SMILES string of the molecule is CN(C)C(=O)c1cnn(CC(=CF)COC(N)=O)c1. The largest absolute Gasteiger partial charge is 0.445 e. The second-order valence-electron chi connectivity index (χ2n) is 4.00. The third-order valence-corrected chi connectivity index (χ3v) is 2.21. The summed E-state index contributed by atoms with van der Waals surface area (Å²) in [5, 5.41) is 3.92. The van der Waals surface area contributed by atoms with Crippen LogP contribution in [-0.4, -0.2) is 47.4 Å². The normalized spacial score (nSPS) is 11.2. The monoisotopic (exact) mass is 270 g/mol. The van der Waals surface area contributed by atoms with Gasteiger partial charge in [-0.1, -0.05) is 0 Å². The first kappa shape index (κ1) is 14.7. The highest BCUT2D eigenvalue weighted by molar-refractivity contribution is 5.93. The van der Waals surface area contributed by atoms with Crippen LogP contribution in [0.15, 0.2) is 24.3 Å². The van der Waals surface area contributed by atoms with Crippen LogP contribution < -0.4 is 5.73 Å². The van der Waals surface area contributed by atoms with Crippen LogP contribution in [0.1, 0.15) is 10.4 Å². The van der Waals surface area contributed by atoms with Crippen LogP contribution in [0.2, 0.25) is 0 Å². The van der Waals surface area contributed by atoms with Crippen molar-refractivity contribution in [1.82, 2.24) is 14.7 Å². The van der Waals surface area contributed by atoms with E-state index < -0.39 is 6.09 Å². The van der Waals surface area contributed by atoms with Crippen LogP contribution in [0.4, 0.5) is 9.18 Å². The van der Waals surface area contributed by atoms with E-state index in [9.17, 15) is 14.0 Å². The fourth-order valence-corrected chi connectivity index (χ4v) is 1.30. The van der Waals surface area contributed by atoms with Gasteiger partial charge in [0.2, 0.25) is 0 Å². The van der Waals surface area contributed by atoms with E-state index in [1.165, 1.54) is 22.0 Å². The molecule has 1 aromatic heterocycles. The third kappa shape index (κ3) is 4.41. The number of halogens is 1. The van der Waals surface area contributed by atoms with Gasteiger partial charge in [-0.25, -0.2) is 9.18 Å². The molecule has 0 aliphatic rings. The van der Waals surface area contributed by atoms with Crippen molar-refractivity contribution in [3.8, 4) is 0 Å². The van der Waals surface area contributed by atoms with Crippen LogP contribution in [0.25, 0.3) is 0 Å². The number of carbonyl (C=O) groups excluding carboxylic acids is 2. The number of aromatic nitrogens is 2. The molecule has 0 atom stereocenters. The number of nitrogens with two attached hydrogens (primary N) is 1. The highest BCUT2D eigenvalue weighted by atomic mass is 19.1. The van der Waals surface area contributed by atoms with E-state index in [2.05, 4.69) is 9.84 Å². The van der Waals surface area contributed by atoms with Gasteiger partial charge in [0, 0.05) is 25.9 Å². The Morgan fingerprint density at radius 2 is 2.26 bits per heavy atom. The first-order valence-corrected chi connectivity index (χ1v) is 5.38. The minimum absolute atomic E-state index is 0.0600. The van der Waals surface area contributed by atoms with E-state index in [-0.39, 0.29) is 24.6 Å². The molecule has 0 fully saturated rings. The van der Waals surface area contributed by atoms with Gasteiger partial charge in [0.25, 0.3) is 5.91 Å². The summed E-state index contributed by atoms with van der Waals surface area (Å²) < 4.78 is 18.4. The molecule has 104 valence electrons. The lowest BCUT2D eigenvalue weighted by Crippen LogP contribution is -2.21. The minimum atomic E-state index is -0.983. The van der Waals surface area contributed by atoms with Crippen molar-refractivity contribution < 1.29 is 18.7 Å². The first-order valence-electron chi connectivity index (χ1n) is 5.38. The first-order chi connectivity index (χ1) is 8.93. The maximum absolute atomic E-state index is 12.6. The molecule has 0 aliphatic carbocycles. The van der Waals surface area contributed by atoms with Crippen LogP contribution in [0, 0.1) is 0 Å². The van der Waals surface area contributed by atoms with Gasteiger partial charge in [-0.15, -0.1) is 0 Å². The molecule has 1 rings (SSSR count). The van der Waals surface area contributed by atoms with Gasteiger partial charge in [-0.2, -0.15) is 5.10 Å². The van der Waals surface area contributed by atoms with Crippen LogP contribution in [0.3, 0.4) is 0 Å². The van der Waals surface area contributed by atoms with Gasteiger partial charge < -0.3 is 15.4 Å². The average molecular weight is 270 g/mol. The third-order valence-electron chi connectivity index (χ3n) is 2.21. The quantitative estimate of drug-likeness (QED) is 0.845. The van der Waals surface area contributed by atoms with E-state index in [1.54, 1.807) is 14.1 Å². The fraction of sp³-hybridized carbons (Fsp3) is 0.364. The molecule has 0 aliphatic heterocycles. The van der Waals surface area contributed by atoms with Crippen molar-refractivity contribution in [2.45, 2.75) is 6.54 Å². The molecule has 0 radical (unpaired) electrons. The van der Waals surface area contributed by atoms with Crippen LogP contribution in [-0.2, 0) is 11.3 Å². The highest BCUT2D eigenvalue weighted by Crippen LogP contribution is 2.05. The smallest absolute Gasteiger partial charge is 0.404 e. The van der Waals surface area contributed by atoms with Gasteiger partial charge in [-0.05, 0) is 0 Å². The van der Waals surface area contributed by atoms with Gasteiger partial charge >= 0.3 is 6.09 Å².